The van der Waals surface area contributed by atoms with Crippen molar-refractivity contribution in [3.8, 4) is 5.75 Å². The number of rotatable bonds is 12. The van der Waals surface area contributed by atoms with Crippen molar-refractivity contribution < 1.29 is 22.3 Å². The highest BCUT2D eigenvalue weighted by Crippen LogP contribution is 2.38. The molecule has 3 heterocycles. The van der Waals surface area contributed by atoms with Crippen molar-refractivity contribution in [2.75, 3.05) is 31.2 Å². The van der Waals surface area contributed by atoms with E-state index in [1.54, 1.807) is 42.7 Å². The molecule has 0 radical (unpaired) electrons. The van der Waals surface area contributed by atoms with Gasteiger partial charge in [0.15, 0.2) is 14.9 Å². The van der Waals surface area contributed by atoms with Crippen molar-refractivity contribution in [3.05, 3.63) is 126 Å². The average Bonchev–Trinajstić information content (AvgIpc) is 3.53. The smallest absolute Gasteiger partial charge is 0.196 e. The molecule has 46 heavy (non-hydrogen) atoms. The van der Waals surface area contributed by atoms with Crippen molar-refractivity contribution in [1.29, 1.82) is 0 Å². The molecule has 0 spiro atoms. The van der Waals surface area contributed by atoms with E-state index in [-0.39, 0.29) is 23.2 Å². The number of benzene rings is 3. The molecule has 0 bridgehead atoms. The summed E-state index contributed by atoms with van der Waals surface area (Å²) in [4.78, 5) is 14.9. The molecule has 1 atom stereocenters. The Kier molecular flexibility index (Phi) is 9.16. The molecule has 1 aliphatic heterocycles. The van der Waals surface area contributed by atoms with Gasteiger partial charge in [-0.2, -0.15) is 0 Å². The minimum atomic E-state index is -3.53. The van der Waals surface area contributed by atoms with E-state index in [1.807, 2.05) is 42.3 Å². The van der Waals surface area contributed by atoms with Gasteiger partial charge in [0.1, 0.15) is 35.9 Å². The fraction of sp³-hybridized carbons (Fsp3) is 0.206. The van der Waals surface area contributed by atoms with Gasteiger partial charge in [-0.25, -0.2) is 27.8 Å². The summed E-state index contributed by atoms with van der Waals surface area (Å²) < 4.78 is 51.2. The predicted molar refractivity (Wildman–Crippen MR) is 175 cm³/mol. The molecule has 0 saturated carbocycles. The summed E-state index contributed by atoms with van der Waals surface area (Å²) in [5.74, 6) is 0.650. The third kappa shape index (κ3) is 7.12. The fourth-order valence-corrected chi connectivity index (χ4v) is 6.83. The summed E-state index contributed by atoms with van der Waals surface area (Å²) in [7, 11) is -1.65. The fourth-order valence-electron chi connectivity index (χ4n) is 5.33. The van der Waals surface area contributed by atoms with Crippen LogP contribution in [0.3, 0.4) is 0 Å². The van der Waals surface area contributed by atoms with Crippen LogP contribution in [0.2, 0.25) is 5.02 Å². The van der Waals surface area contributed by atoms with Crippen LogP contribution in [0.1, 0.15) is 17.5 Å². The van der Waals surface area contributed by atoms with Crippen LogP contribution in [0.5, 0.6) is 5.75 Å². The highest BCUT2D eigenvalue weighted by Gasteiger charge is 2.37. The number of nitrogens with zero attached hydrogens (tertiary/aromatic N) is 4. The predicted octanol–water partition coefficient (Wildman–Crippen LogP) is 6.67. The maximum Gasteiger partial charge on any atom is 0.196 e. The number of likely N-dealkylation sites (N-methyl/N-ethyl adjacent to an activating group) is 1. The van der Waals surface area contributed by atoms with Crippen molar-refractivity contribution in [2.24, 2.45) is 0 Å². The lowest BCUT2D eigenvalue weighted by atomic mass is 9.89. The van der Waals surface area contributed by atoms with E-state index in [1.165, 1.54) is 30.7 Å². The van der Waals surface area contributed by atoms with E-state index in [0.717, 1.165) is 16.5 Å². The Labute approximate surface area is 271 Å². The Morgan fingerprint density at radius 2 is 1.93 bits per heavy atom. The zero-order chi connectivity index (χ0) is 32.1. The van der Waals surface area contributed by atoms with Gasteiger partial charge >= 0.3 is 0 Å². The van der Waals surface area contributed by atoms with Gasteiger partial charge < -0.3 is 19.7 Å². The molecule has 3 aromatic carbocycles. The molecule has 0 saturated heterocycles. The third-order valence-electron chi connectivity index (χ3n) is 7.70. The van der Waals surface area contributed by atoms with Crippen LogP contribution in [0.15, 0.2) is 109 Å². The quantitative estimate of drug-likeness (QED) is 0.157. The van der Waals surface area contributed by atoms with Crippen molar-refractivity contribution in [1.82, 2.24) is 19.9 Å². The number of aromatic nitrogens is 3. The molecule has 6 rings (SSSR count). The van der Waals surface area contributed by atoms with Gasteiger partial charge in [-0.15, -0.1) is 0 Å². The molecule has 236 valence electrons. The maximum atomic E-state index is 13.5. The van der Waals surface area contributed by atoms with Crippen LogP contribution in [0, 0.1) is 5.82 Å². The van der Waals surface area contributed by atoms with Crippen LogP contribution >= 0.6 is 11.6 Å². The van der Waals surface area contributed by atoms with E-state index in [4.69, 9.17) is 21.1 Å². The Morgan fingerprint density at radius 3 is 2.70 bits per heavy atom. The number of pyridine rings is 1. The summed E-state index contributed by atoms with van der Waals surface area (Å²) in [6, 6.07) is 22.3. The molecule has 0 amide bonds. The third-order valence-corrected chi connectivity index (χ3v) is 9.59. The number of ether oxygens (including phenoxy) is 2. The SMILES string of the molecule is CN(CCS(=O)(=O)c1ccccn1)CC1(c2ccc3ncnc(Nc4ccc(OCc5cccc(F)c5)c(Cl)c4)c3c2)CC=CO1. The number of anilines is 2. The molecular weight excluding hydrogens is 629 g/mol. The molecule has 1 aliphatic rings. The second kappa shape index (κ2) is 13.4. The largest absolute Gasteiger partial charge is 0.489 e. The lowest BCUT2D eigenvalue weighted by Crippen LogP contribution is -2.40. The Hall–Kier alpha value is -4.58. The van der Waals surface area contributed by atoms with Crippen LogP contribution in [-0.2, 0) is 26.8 Å². The summed E-state index contributed by atoms with van der Waals surface area (Å²) in [5.41, 5.74) is 2.30. The van der Waals surface area contributed by atoms with Crippen LogP contribution in [0.25, 0.3) is 10.9 Å². The van der Waals surface area contributed by atoms with Gasteiger partial charge in [0.25, 0.3) is 0 Å². The second-order valence-electron chi connectivity index (χ2n) is 11.1. The summed E-state index contributed by atoms with van der Waals surface area (Å²) in [6.45, 7) is 0.931. The summed E-state index contributed by atoms with van der Waals surface area (Å²) >= 11 is 6.54. The van der Waals surface area contributed by atoms with Gasteiger partial charge in [-0.3, -0.25) is 0 Å². The van der Waals surface area contributed by atoms with Gasteiger partial charge in [-0.05, 0) is 78.8 Å². The number of hydrogen-bond acceptors (Lipinski definition) is 9. The topological polar surface area (TPSA) is 107 Å². The normalized spacial score (nSPS) is 16.1. The van der Waals surface area contributed by atoms with Gasteiger partial charge in [0, 0.05) is 36.8 Å². The highest BCUT2D eigenvalue weighted by atomic mass is 35.5. The van der Waals surface area contributed by atoms with E-state index >= 15 is 0 Å². The van der Waals surface area contributed by atoms with Crippen LogP contribution in [-0.4, -0.2) is 54.2 Å². The Morgan fingerprint density at radius 1 is 1.04 bits per heavy atom. The summed E-state index contributed by atoms with van der Waals surface area (Å²) in [5, 5.41) is 4.57. The first-order valence-electron chi connectivity index (χ1n) is 14.6. The van der Waals surface area contributed by atoms with Crippen molar-refractivity contribution in [3.63, 3.8) is 0 Å². The first kappa shape index (κ1) is 31.4. The monoisotopic (exact) mass is 659 g/mol. The van der Waals surface area contributed by atoms with Crippen LogP contribution < -0.4 is 10.1 Å². The molecule has 0 fully saturated rings. The first-order chi connectivity index (χ1) is 22.2. The van der Waals surface area contributed by atoms with Crippen LogP contribution in [0.4, 0.5) is 15.9 Å². The number of halogens is 2. The van der Waals surface area contributed by atoms with E-state index in [0.29, 0.717) is 47.4 Å². The number of sulfone groups is 1. The average molecular weight is 660 g/mol. The van der Waals surface area contributed by atoms with Crippen molar-refractivity contribution in [2.45, 2.75) is 23.7 Å². The molecule has 2 aromatic heterocycles. The minimum Gasteiger partial charge on any atom is -0.489 e. The number of fused-ring (bicyclic) bond motifs is 1. The van der Waals surface area contributed by atoms with Gasteiger partial charge in [0.2, 0.25) is 0 Å². The number of nitrogens with one attached hydrogen (secondary N) is 1. The van der Waals surface area contributed by atoms with Crippen molar-refractivity contribution >= 4 is 43.8 Å². The maximum absolute atomic E-state index is 13.5. The van der Waals surface area contributed by atoms with E-state index in [9.17, 15) is 12.8 Å². The van der Waals surface area contributed by atoms with Gasteiger partial charge in [-0.1, -0.05) is 35.9 Å². The first-order valence-corrected chi connectivity index (χ1v) is 16.6. The Balaban J connectivity index is 1.19. The molecule has 0 aliphatic carbocycles. The summed E-state index contributed by atoms with van der Waals surface area (Å²) in [6.07, 6.45) is 7.22. The molecule has 12 heteroatoms. The Bertz CT molecular complexity index is 1990. The second-order valence-corrected chi connectivity index (χ2v) is 13.5. The minimum absolute atomic E-state index is 0.0683. The number of hydrogen-bond donors (Lipinski definition) is 1. The highest BCUT2D eigenvalue weighted by molar-refractivity contribution is 7.91. The zero-order valence-electron chi connectivity index (χ0n) is 24.9. The standard InChI is InChI=1S/C34H31ClFN5O4S/c1-41(15-17-46(42,43)32-8-2-3-14-37-32)22-34(13-5-16-45-34)25-9-11-30-28(19-25)33(39-23-38-30)40-27-10-12-31(29(35)20-27)44-21-24-6-4-7-26(36)18-24/h2-12,14,16,18-20,23H,13,15,17,21-22H2,1H3,(H,38,39,40). The lowest BCUT2D eigenvalue weighted by Gasteiger charge is -2.33. The van der Waals surface area contributed by atoms with Gasteiger partial charge in [0.05, 0.1) is 22.6 Å². The lowest BCUT2D eigenvalue weighted by molar-refractivity contribution is 0.0123. The molecule has 1 unspecified atom stereocenters. The molecule has 9 nitrogen and oxygen atoms in total. The van der Waals surface area contributed by atoms with E-state index < -0.39 is 15.4 Å². The molecule has 1 N–H and O–H groups in total. The zero-order valence-corrected chi connectivity index (χ0v) is 26.5. The molecular formula is C34H31ClFN5O4S. The van der Waals surface area contributed by atoms with E-state index in [2.05, 4.69) is 20.3 Å². The molecule has 5 aromatic rings.